The zero-order valence-electron chi connectivity index (χ0n) is 10.3. The van der Waals surface area contributed by atoms with E-state index in [0.717, 1.165) is 21.8 Å². The van der Waals surface area contributed by atoms with Crippen LogP contribution in [0.1, 0.15) is 11.1 Å². The molecule has 0 unspecified atom stereocenters. The summed E-state index contributed by atoms with van der Waals surface area (Å²) in [5.74, 6) is 1.93. The molecule has 94 valence electrons. The molecule has 0 aliphatic carbocycles. The average molecular weight is 280 g/mol. The fraction of sp³-hybridized carbons (Fsp3) is 0.214. The number of aryl methyl sites for hydroxylation is 1. The Labute approximate surface area is 116 Å². The van der Waals surface area contributed by atoms with Gasteiger partial charge < -0.3 is 4.74 Å². The molecular weight excluding hydrogens is 266 g/mol. The lowest BCUT2D eigenvalue weighted by molar-refractivity contribution is 0.448. The van der Waals surface area contributed by atoms with E-state index in [1.165, 1.54) is 0 Å². The normalized spacial score (nSPS) is 10.4. The SMILES string of the molecule is CSc1ccccc1Oc1ncc(CCl)cc1C. The van der Waals surface area contributed by atoms with Crippen LogP contribution in [0.15, 0.2) is 41.4 Å². The highest BCUT2D eigenvalue weighted by Gasteiger charge is 2.07. The molecule has 0 atom stereocenters. The Balaban J connectivity index is 2.28. The summed E-state index contributed by atoms with van der Waals surface area (Å²) in [5, 5.41) is 0. The third-order valence-electron chi connectivity index (χ3n) is 2.52. The maximum atomic E-state index is 5.86. The van der Waals surface area contributed by atoms with E-state index in [9.17, 15) is 0 Å². The van der Waals surface area contributed by atoms with Gasteiger partial charge in [-0.1, -0.05) is 12.1 Å². The standard InChI is InChI=1S/C14H14ClNOS/c1-10-7-11(8-15)9-16-14(10)17-12-5-3-4-6-13(12)18-2/h3-7,9H,8H2,1-2H3. The fourth-order valence-electron chi connectivity index (χ4n) is 1.61. The molecule has 0 saturated heterocycles. The minimum atomic E-state index is 0.468. The highest BCUT2D eigenvalue weighted by atomic mass is 35.5. The quantitative estimate of drug-likeness (QED) is 0.601. The third-order valence-corrected chi connectivity index (χ3v) is 3.60. The number of hydrogen-bond acceptors (Lipinski definition) is 3. The Kier molecular flexibility index (Phi) is 4.50. The van der Waals surface area contributed by atoms with Crippen LogP contribution in [-0.2, 0) is 5.88 Å². The van der Waals surface area contributed by atoms with E-state index < -0.39 is 0 Å². The molecule has 0 saturated carbocycles. The molecule has 18 heavy (non-hydrogen) atoms. The summed E-state index contributed by atoms with van der Waals surface area (Å²) in [7, 11) is 0. The van der Waals surface area contributed by atoms with E-state index in [1.54, 1.807) is 18.0 Å². The smallest absolute Gasteiger partial charge is 0.222 e. The Morgan fingerprint density at radius 3 is 2.78 bits per heavy atom. The first-order chi connectivity index (χ1) is 8.74. The topological polar surface area (TPSA) is 22.1 Å². The Bertz CT molecular complexity index is 545. The van der Waals surface area contributed by atoms with Crippen molar-refractivity contribution in [1.82, 2.24) is 4.98 Å². The number of hydrogen-bond donors (Lipinski definition) is 0. The van der Waals surface area contributed by atoms with Gasteiger partial charge in [0.15, 0.2) is 0 Å². The van der Waals surface area contributed by atoms with Gasteiger partial charge in [0.05, 0.1) is 0 Å². The van der Waals surface area contributed by atoms with Crippen LogP contribution in [-0.4, -0.2) is 11.2 Å². The molecule has 2 rings (SSSR count). The van der Waals surface area contributed by atoms with Crippen LogP contribution in [0.4, 0.5) is 0 Å². The highest BCUT2D eigenvalue weighted by molar-refractivity contribution is 7.98. The van der Waals surface area contributed by atoms with Gasteiger partial charge in [0, 0.05) is 22.5 Å². The summed E-state index contributed by atoms with van der Waals surface area (Å²) < 4.78 is 5.86. The maximum absolute atomic E-state index is 5.86. The van der Waals surface area contributed by atoms with Crippen LogP contribution in [0.25, 0.3) is 0 Å². The summed E-state index contributed by atoms with van der Waals surface area (Å²) in [6.07, 6.45) is 3.77. The van der Waals surface area contributed by atoms with Gasteiger partial charge in [0.2, 0.25) is 5.88 Å². The van der Waals surface area contributed by atoms with E-state index in [1.807, 2.05) is 43.5 Å². The number of para-hydroxylation sites is 1. The predicted octanol–water partition coefficient (Wildman–Crippen LogP) is 4.64. The maximum Gasteiger partial charge on any atom is 0.222 e. The molecule has 2 nitrogen and oxygen atoms in total. The molecule has 1 aromatic carbocycles. The largest absolute Gasteiger partial charge is 0.438 e. The van der Waals surface area contributed by atoms with Crippen molar-refractivity contribution in [1.29, 1.82) is 0 Å². The molecule has 0 aliphatic rings. The summed E-state index contributed by atoms with van der Waals surface area (Å²) in [6.45, 7) is 1.97. The number of ether oxygens (including phenoxy) is 1. The van der Waals surface area contributed by atoms with Crippen molar-refractivity contribution >= 4 is 23.4 Å². The summed E-state index contributed by atoms with van der Waals surface area (Å²) >= 11 is 7.43. The second kappa shape index (κ2) is 6.12. The first kappa shape index (κ1) is 13.2. The zero-order chi connectivity index (χ0) is 13.0. The van der Waals surface area contributed by atoms with Crippen molar-refractivity contribution in [2.24, 2.45) is 0 Å². The lowest BCUT2D eigenvalue weighted by Crippen LogP contribution is -1.94. The van der Waals surface area contributed by atoms with Gasteiger partial charge in [-0.05, 0) is 36.9 Å². The molecule has 0 bridgehead atoms. The lowest BCUT2D eigenvalue weighted by atomic mass is 10.2. The highest BCUT2D eigenvalue weighted by Crippen LogP contribution is 2.31. The van der Waals surface area contributed by atoms with E-state index in [0.29, 0.717) is 11.8 Å². The number of thioether (sulfide) groups is 1. The number of nitrogens with zero attached hydrogens (tertiary/aromatic N) is 1. The second-order valence-corrected chi connectivity index (χ2v) is 4.97. The third kappa shape index (κ3) is 2.98. The monoisotopic (exact) mass is 279 g/mol. The number of rotatable bonds is 4. The fourth-order valence-corrected chi connectivity index (χ4v) is 2.28. The van der Waals surface area contributed by atoms with Gasteiger partial charge in [-0.25, -0.2) is 4.98 Å². The van der Waals surface area contributed by atoms with Gasteiger partial charge >= 0.3 is 0 Å². The van der Waals surface area contributed by atoms with Crippen LogP contribution < -0.4 is 4.74 Å². The van der Waals surface area contributed by atoms with Crippen LogP contribution in [0.3, 0.4) is 0 Å². The Hall–Kier alpha value is -1.19. The Morgan fingerprint density at radius 2 is 2.11 bits per heavy atom. The van der Waals surface area contributed by atoms with Crippen molar-refractivity contribution in [2.45, 2.75) is 17.7 Å². The first-order valence-corrected chi connectivity index (χ1v) is 7.33. The minimum Gasteiger partial charge on any atom is -0.438 e. The molecule has 0 radical (unpaired) electrons. The van der Waals surface area contributed by atoms with Crippen LogP contribution in [0.5, 0.6) is 11.6 Å². The lowest BCUT2D eigenvalue weighted by Gasteiger charge is -2.11. The number of alkyl halides is 1. The average Bonchev–Trinajstić information content (AvgIpc) is 2.41. The molecule has 4 heteroatoms. The van der Waals surface area contributed by atoms with Gasteiger partial charge in [0.1, 0.15) is 5.75 Å². The summed E-state index contributed by atoms with van der Waals surface area (Å²) in [6, 6.07) is 9.93. The van der Waals surface area contributed by atoms with Gasteiger partial charge in [-0.2, -0.15) is 0 Å². The molecular formula is C14H14ClNOS. The summed E-state index contributed by atoms with van der Waals surface area (Å²) in [5.41, 5.74) is 1.99. The van der Waals surface area contributed by atoms with Crippen molar-refractivity contribution < 1.29 is 4.74 Å². The van der Waals surface area contributed by atoms with Gasteiger partial charge in [-0.3, -0.25) is 0 Å². The molecule has 1 aromatic heterocycles. The van der Waals surface area contributed by atoms with Crippen LogP contribution in [0, 0.1) is 6.92 Å². The van der Waals surface area contributed by atoms with Crippen molar-refractivity contribution in [3.63, 3.8) is 0 Å². The molecule has 1 heterocycles. The first-order valence-electron chi connectivity index (χ1n) is 5.57. The van der Waals surface area contributed by atoms with Crippen molar-refractivity contribution in [3.05, 3.63) is 47.7 Å². The molecule has 0 amide bonds. The van der Waals surface area contributed by atoms with E-state index in [4.69, 9.17) is 16.3 Å². The number of aromatic nitrogens is 1. The predicted molar refractivity (Wildman–Crippen MR) is 76.8 cm³/mol. The van der Waals surface area contributed by atoms with E-state index >= 15 is 0 Å². The molecule has 2 aromatic rings. The number of benzene rings is 1. The Morgan fingerprint density at radius 1 is 1.33 bits per heavy atom. The zero-order valence-corrected chi connectivity index (χ0v) is 11.9. The van der Waals surface area contributed by atoms with Gasteiger partial charge in [-0.15, -0.1) is 23.4 Å². The number of pyridine rings is 1. The van der Waals surface area contributed by atoms with Crippen LogP contribution in [0.2, 0.25) is 0 Å². The number of halogens is 1. The molecule has 0 N–H and O–H groups in total. The van der Waals surface area contributed by atoms with E-state index in [-0.39, 0.29) is 0 Å². The van der Waals surface area contributed by atoms with E-state index in [2.05, 4.69) is 4.98 Å². The summed E-state index contributed by atoms with van der Waals surface area (Å²) in [4.78, 5) is 5.40. The molecule has 0 aliphatic heterocycles. The van der Waals surface area contributed by atoms with Gasteiger partial charge in [0.25, 0.3) is 0 Å². The molecule has 0 spiro atoms. The van der Waals surface area contributed by atoms with Crippen molar-refractivity contribution in [3.8, 4) is 11.6 Å². The second-order valence-electron chi connectivity index (χ2n) is 3.85. The van der Waals surface area contributed by atoms with Crippen molar-refractivity contribution in [2.75, 3.05) is 6.26 Å². The molecule has 0 fully saturated rings. The minimum absolute atomic E-state index is 0.468. The van der Waals surface area contributed by atoms with Crippen LogP contribution >= 0.6 is 23.4 Å².